The Bertz CT molecular complexity index is 1240. The lowest BCUT2D eigenvalue weighted by atomic mass is 9.89. The number of fused-ring (bicyclic) bond motifs is 1. The third-order valence-corrected chi connectivity index (χ3v) is 7.09. The van der Waals surface area contributed by atoms with E-state index in [1.165, 1.54) is 22.3 Å². The van der Waals surface area contributed by atoms with Crippen molar-refractivity contribution in [1.29, 1.82) is 0 Å². The summed E-state index contributed by atoms with van der Waals surface area (Å²) in [6.07, 6.45) is 3.98. The van der Waals surface area contributed by atoms with Crippen molar-refractivity contribution in [1.82, 2.24) is 14.9 Å². The molecule has 1 aliphatic heterocycles. The highest BCUT2D eigenvalue weighted by Crippen LogP contribution is 2.35. The van der Waals surface area contributed by atoms with Gasteiger partial charge in [0.2, 0.25) is 0 Å². The van der Waals surface area contributed by atoms with Crippen molar-refractivity contribution in [2.24, 2.45) is 0 Å². The number of carbonyl (C=O) groups excluding carboxylic acids is 1. The number of ether oxygens (including phenoxy) is 2. The maximum atomic E-state index is 13.1. The van der Waals surface area contributed by atoms with Gasteiger partial charge in [-0.05, 0) is 66.8 Å². The first-order chi connectivity index (χ1) is 15.7. The van der Waals surface area contributed by atoms with E-state index in [0.29, 0.717) is 11.6 Å². The molecule has 6 nitrogen and oxygen atoms in total. The van der Waals surface area contributed by atoms with E-state index in [2.05, 4.69) is 28.3 Å². The number of hydrogen-bond acceptors (Lipinski definition) is 5. The number of aromatic amines is 1. The van der Waals surface area contributed by atoms with Crippen LogP contribution < -0.4 is 9.47 Å². The molecule has 2 aromatic heterocycles. The number of benzene rings is 2. The number of carbonyl (C=O) groups is 1. The summed E-state index contributed by atoms with van der Waals surface area (Å²) in [4.78, 5) is 23.0. The number of nitrogens with one attached hydrogen (secondary N) is 1. The number of methoxy groups -OCH3 is 2. The molecule has 0 bridgehead atoms. The molecule has 164 valence electrons. The van der Waals surface area contributed by atoms with Crippen LogP contribution in [0.4, 0.5) is 0 Å². The molecular weight excluding hydrogens is 422 g/mol. The molecule has 0 radical (unpaired) electrons. The second-order valence-electron chi connectivity index (χ2n) is 7.99. The number of likely N-dealkylation sites (tertiary alicyclic amines) is 1. The highest BCUT2D eigenvalue weighted by atomic mass is 32.1. The first-order valence-corrected chi connectivity index (χ1v) is 11.6. The molecule has 2 aromatic carbocycles. The van der Waals surface area contributed by atoms with E-state index in [1.807, 2.05) is 40.6 Å². The molecule has 5 rings (SSSR count). The van der Waals surface area contributed by atoms with Gasteiger partial charge in [0.25, 0.3) is 5.91 Å². The number of rotatable bonds is 5. The van der Waals surface area contributed by atoms with E-state index in [9.17, 15) is 4.79 Å². The fraction of sp³-hybridized carbons (Fsp3) is 0.280. The first-order valence-electron chi connectivity index (χ1n) is 10.7. The summed E-state index contributed by atoms with van der Waals surface area (Å²) in [5.74, 6) is 2.10. The summed E-state index contributed by atoms with van der Waals surface area (Å²) < 4.78 is 10.6. The number of thiazole rings is 1. The highest BCUT2D eigenvalue weighted by Gasteiger charge is 2.27. The van der Waals surface area contributed by atoms with Crippen LogP contribution >= 0.6 is 11.3 Å². The zero-order valence-corrected chi connectivity index (χ0v) is 18.9. The van der Waals surface area contributed by atoms with Crippen molar-refractivity contribution in [3.8, 4) is 22.1 Å². The van der Waals surface area contributed by atoms with Crippen LogP contribution in [-0.4, -0.2) is 48.1 Å². The Hall–Kier alpha value is -3.32. The van der Waals surface area contributed by atoms with Crippen molar-refractivity contribution in [3.63, 3.8) is 0 Å². The molecule has 1 aliphatic rings. The summed E-state index contributed by atoms with van der Waals surface area (Å²) in [5.41, 5.74) is 3.94. The smallest absolute Gasteiger partial charge is 0.273 e. The molecule has 0 saturated carbocycles. The number of piperidine rings is 1. The lowest BCUT2D eigenvalue weighted by Gasteiger charge is -2.31. The van der Waals surface area contributed by atoms with Crippen molar-refractivity contribution in [2.45, 2.75) is 18.8 Å². The van der Waals surface area contributed by atoms with Gasteiger partial charge in [-0.2, -0.15) is 0 Å². The standard InChI is InChI=1S/C25H25N3O3S/c1-30-18-5-3-17(4-6-18)24-27-23(15-32-24)25(29)28-11-9-16(10-12-28)21-14-26-22-8-7-19(31-2)13-20(21)22/h3-8,13-16,26H,9-12H2,1-2H3. The Labute approximate surface area is 190 Å². The zero-order chi connectivity index (χ0) is 22.1. The molecule has 0 aliphatic carbocycles. The number of H-pyrrole nitrogens is 1. The van der Waals surface area contributed by atoms with E-state index in [0.717, 1.165) is 53.5 Å². The Morgan fingerprint density at radius 2 is 1.78 bits per heavy atom. The van der Waals surface area contributed by atoms with Crippen LogP contribution in [0.3, 0.4) is 0 Å². The minimum Gasteiger partial charge on any atom is -0.497 e. The van der Waals surface area contributed by atoms with Crippen molar-refractivity contribution < 1.29 is 14.3 Å². The highest BCUT2D eigenvalue weighted by molar-refractivity contribution is 7.13. The van der Waals surface area contributed by atoms with Gasteiger partial charge in [-0.15, -0.1) is 11.3 Å². The predicted octanol–water partition coefficient (Wildman–Crippen LogP) is 5.33. The first kappa shape index (κ1) is 20.6. The Morgan fingerprint density at radius 1 is 1.06 bits per heavy atom. The molecule has 32 heavy (non-hydrogen) atoms. The lowest BCUT2D eigenvalue weighted by Crippen LogP contribution is -2.38. The van der Waals surface area contributed by atoms with Crippen LogP contribution in [0.1, 0.15) is 34.8 Å². The average Bonchev–Trinajstić information content (AvgIpc) is 3.51. The van der Waals surface area contributed by atoms with Gasteiger partial charge in [0.15, 0.2) is 0 Å². The van der Waals surface area contributed by atoms with Crippen LogP contribution in [0.15, 0.2) is 54.0 Å². The third-order valence-electron chi connectivity index (χ3n) is 6.20. The van der Waals surface area contributed by atoms with Crippen molar-refractivity contribution in [2.75, 3.05) is 27.3 Å². The lowest BCUT2D eigenvalue weighted by molar-refractivity contribution is 0.0708. The van der Waals surface area contributed by atoms with Gasteiger partial charge in [-0.1, -0.05) is 0 Å². The second kappa shape index (κ2) is 8.67. The van der Waals surface area contributed by atoms with Gasteiger partial charge in [0, 0.05) is 41.1 Å². The predicted molar refractivity (Wildman–Crippen MR) is 127 cm³/mol. The van der Waals surface area contributed by atoms with E-state index in [-0.39, 0.29) is 5.91 Å². The monoisotopic (exact) mass is 447 g/mol. The topological polar surface area (TPSA) is 67.5 Å². The molecule has 0 atom stereocenters. The molecule has 0 spiro atoms. The van der Waals surface area contributed by atoms with Crippen LogP contribution in [-0.2, 0) is 0 Å². The molecular formula is C25H25N3O3S. The number of hydrogen-bond donors (Lipinski definition) is 1. The van der Waals surface area contributed by atoms with Gasteiger partial charge < -0.3 is 19.4 Å². The van der Waals surface area contributed by atoms with Gasteiger partial charge in [0.1, 0.15) is 22.2 Å². The summed E-state index contributed by atoms with van der Waals surface area (Å²) >= 11 is 1.50. The molecule has 0 unspecified atom stereocenters. The Balaban J connectivity index is 1.26. The zero-order valence-electron chi connectivity index (χ0n) is 18.1. The minimum atomic E-state index is 0.0139. The normalized spacial score (nSPS) is 14.6. The van der Waals surface area contributed by atoms with Crippen LogP contribution in [0, 0.1) is 0 Å². The summed E-state index contributed by atoms with van der Waals surface area (Å²) in [7, 11) is 3.34. The summed E-state index contributed by atoms with van der Waals surface area (Å²) in [6.45, 7) is 1.46. The maximum Gasteiger partial charge on any atom is 0.273 e. The third kappa shape index (κ3) is 3.84. The molecule has 3 heterocycles. The number of nitrogens with zero attached hydrogens (tertiary/aromatic N) is 2. The van der Waals surface area contributed by atoms with E-state index >= 15 is 0 Å². The average molecular weight is 448 g/mol. The quantitative estimate of drug-likeness (QED) is 0.449. The van der Waals surface area contributed by atoms with E-state index in [4.69, 9.17) is 9.47 Å². The van der Waals surface area contributed by atoms with E-state index in [1.54, 1.807) is 14.2 Å². The molecule has 1 amide bonds. The summed E-state index contributed by atoms with van der Waals surface area (Å²) in [6, 6.07) is 13.9. The van der Waals surface area contributed by atoms with Crippen molar-refractivity contribution in [3.05, 3.63) is 65.3 Å². The van der Waals surface area contributed by atoms with Gasteiger partial charge in [-0.3, -0.25) is 4.79 Å². The Morgan fingerprint density at radius 3 is 2.50 bits per heavy atom. The van der Waals surface area contributed by atoms with Crippen molar-refractivity contribution >= 4 is 28.1 Å². The SMILES string of the molecule is COc1ccc(-c2nc(C(=O)N3CCC(c4c[nH]c5ccc(OC)cc45)CC3)cs2)cc1. The molecule has 1 saturated heterocycles. The van der Waals surface area contributed by atoms with Gasteiger partial charge in [-0.25, -0.2) is 4.98 Å². The van der Waals surface area contributed by atoms with Gasteiger partial charge in [0.05, 0.1) is 14.2 Å². The van der Waals surface area contributed by atoms with E-state index < -0.39 is 0 Å². The van der Waals surface area contributed by atoms with Gasteiger partial charge >= 0.3 is 0 Å². The molecule has 4 aromatic rings. The fourth-order valence-corrected chi connectivity index (χ4v) is 5.18. The van der Waals surface area contributed by atoms with Crippen LogP contribution in [0.25, 0.3) is 21.5 Å². The number of amides is 1. The number of aromatic nitrogens is 2. The van der Waals surface area contributed by atoms with Crippen LogP contribution in [0.5, 0.6) is 11.5 Å². The second-order valence-corrected chi connectivity index (χ2v) is 8.85. The molecule has 1 N–H and O–H groups in total. The minimum absolute atomic E-state index is 0.0139. The Kier molecular flexibility index (Phi) is 5.57. The maximum absolute atomic E-state index is 13.1. The molecule has 7 heteroatoms. The summed E-state index contributed by atoms with van der Waals surface area (Å²) in [5, 5.41) is 3.91. The molecule has 1 fully saturated rings. The van der Waals surface area contributed by atoms with Crippen LogP contribution in [0.2, 0.25) is 0 Å². The fourth-order valence-electron chi connectivity index (χ4n) is 4.38. The largest absolute Gasteiger partial charge is 0.497 e.